The molecule has 0 aromatic carbocycles. The average molecular weight is 229 g/mol. The number of carbonyl (C=O) groups is 1. The molecule has 0 aromatic heterocycles. The first kappa shape index (κ1) is 13.5. The molecule has 0 bridgehead atoms. The van der Waals surface area contributed by atoms with Gasteiger partial charge in [0, 0.05) is 6.54 Å². The van der Waals surface area contributed by atoms with Crippen molar-refractivity contribution in [1.82, 2.24) is 4.90 Å². The van der Waals surface area contributed by atoms with Crippen LogP contribution in [0.1, 0.15) is 39.0 Å². The Hall–Kier alpha value is -0.610. The SMILES string of the molecule is COC(=O)C(C)(O)CN1CCCCCCC1. The van der Waals surface area contributed by atoms with Crippen LogP contribution in [0.2, 0.25) is 0 Å². The summed E-state index contributed by atoms with van der Waals surface area (Å²) >= 11 is 0. The number of nitrogens with zero attached hydrogens (tertiary/aromatic N) is 1. The molecule has 1 N–H and O–H groups in total. The van der Waals surface area contributed by atoms with Crippen LogP contribution in [-0.4, -0.2) is 48.3 Å². The van der Waals surface area contributed by atoms with E-state index in [0.29, 0.717) is 6.54 Å². The van der Waals surface area contributed by atoms with Gasteiger partial charge in [0.15, 0.2) is 5.60 Å². The van der Waals surface area contributed by atoms with Crippen molar-refractivity contribution in [3.05, 3.63) is 0 Å². The van der Waals surface area contributed by atoms with Gasteiger partial charge in [0.2, 0.25) is 0 Å². The van der Waals surface area contributed by atoms with Gasteiger partial charge in [-0.1, -0.05) is 19.3 Å². The van der Waals surface area contributed by atoms with Crippen LogP contribution in [0.4, 0.5) is 0 Å². The number of hydrogen-bond donors (Lipinski definition) is 1. The van der Waals surface area contributed by atoms with Crippen molar-refractivity contribution in [1.29, 1.82) is 0 Å². The molecule has 1 unspecified atom stereocenters. The molecule has 1 heterocycles. The van der Waals surface area contributed by atoms with Crippen molar-refractivity contribution in [2.24, 2.45) is 0 Å². The van der Waals surface area contributed by atoms with Crippen molar-refractivity contribution >= 4 is 5.97 Å². The smallest absolute Gasteiger partial charge is 0.338 e. The summed E-state index contributed by atoms with van der Waals surface area (Å²) in [4.78, 5) is 13.5. The van der Waals surface area contributed by atoms with E-state index in [1.165, 1.54) is 33.3 Å². The topological polar surface area (TPSA) is 49.8 Å². The van der Waals surface area contributed by atoms with Crippen molar-refractivity contribution in [2.45, 2.75) is 44.6 Å². The number of esters is 1. The van der Waals surface area contributed by atoms with Crippen molar-refractivity contribution in [3.8, 4) is 0 Å². The van der Waals surface area contributed by atoms with E-state index in [9.17, 15) is 9.90 Å². The zero-order valence-corrected chi connectivity index (χ0v) is 10.4. The van der Waals surface area contributed by atoms with Crippen LogP contribution < -0.4 is 0 Å². The molecule has 4 nitrogen and oxygen atoms in total. The van der Waals surface area contributed by atoms with Crippen LogP contribution in [0.15, 0.2) is 0 Å². The largest absolute Gasteiger partial charge is 0.467 e. The first-order valence-electron chi connectivity index (χ1n) is 6.09. The molecule has 1 saturated heterocycles. The quantitative estimate of drug-likeness (QED) is 0.738. The molecule has 4 heteroatoms. The number of aliphatic hydroxyl groups is 1. The second-order valence-corrected chi connectivity index (χ2v) is 4.81. The van der Waals surface area contributed by atoms with Crippen molar-refractivity contribution in [3.63, 3.8) is 0 Å². The minimum Gasteiger partial charge on any atom is -0.467 e. The Kier molecular flexibility index (Phi) is 5.22. The summed E-state index contributed by atoms with van der Waals surface area (Å²) in [5.74, 6) is -0.547. The number of β-amino-alcohol motifs (C(OH)–C–C–N with tert-alkyl or cyclic N) is 1. The second kappa shape index (κ2) is 6.21. The third-order valence-electron chi connectivity index (χ3n) is 3.11. The van der Waals surface area contributed by atoms with Crippen LogP contribution in [0.25, 0.3) is 0 Å². The highest BCUT2D eigenvalue weighted by Gasteiger charge is 2.33. The summed E-state index contributed by atoms with van der Waals surface area (Å²) in [6.45, 7) is 3.83. The fraction of sp³-hybridized carbons (Fsp3) is 0.917. The maximum absolute atomic E-state index is 11.4. The lowest BCUT2D eigenvalue weighted by molar-refractivity contribution is -0.162. The Balaban J connectivity index is 2.46. The third kappa shape index (κ3) is 4.10. The molecule has 0 aromatic rings. The zero-order chi connectivity index (χ0) is 12.0. The van der Waals surface area contributed by atoms with E-state index in [1.807, 2.05) is 0 Å². The van der Waals surface area contributed by atoms with Gasteiger partial charge < -0.3 is 9.84 Å². The second-order valence-electron chi connectivity index (χ2n) is 4.81. The molecule has 1 rings (SSSR count). The summed E-state index contributed by atoms with van der Waals surface area (Å²) < 4.78 is 4.60. The highest BCUT2D eigenvalue weighted by molar-refractivity contribution is 5.78. The number of rotatable bonds is 3. The molecule has 1 aliphatic heterocycles. The number of likely N-dealkylation sites (tertiary alicyclic amines) is 1. The first-order valence-corrected chi connectivity index (χ1v) is 6.09. The lowest BCUT2D eigenvalue weighted by atomic mass is 10.0. The van der Waals surface area contributed by atoms with Gasteiger partial charge in [0.05, 0.1) is 7.11 Å². The van der Waals surface area contributed by atoms with Crippen molar-refractivity contribution in [2.75, 3.05) is 26.7 Å². The van der Waals surface area contributed by atoms with E-state index in [2.05, 4.69) is 9.64 Å². The lowest BCUT2D eigenvalue weighted by Crippen LogP contribution is -2.48. The Morgan fingerprint density at radius 1 is 1.25 bits per heavy atom. The molecule has 16 heavy (non-hydrogen) atoms. The Morgan fingerprint density at radius 3 is 2.25 bits per heavy atom. The van der Waals surface area contributed by atoms with Gasteiger partial charge in [-0.2, -0.15) is 0 Å². The number of methoxy groups -OCH3 is 1. The summed E-state index contributed by atoms with van der Waals surface area (Å²) in [6, 6.07) is 0. The molecule has 0 spiro atoms. The summed E-state index contributed by atoms with van der Waals surface area (Å²) in [5.41, 5.74) is -1.38. The van der Waals surface area contributed by atoms with E-state index in [-0.39, 0.29) is 0 Å². The fourth-order valence-electron chi connectivity index (χ4n) is 2.19. The average Bonchev–Trinajstić information content (AvgIpc) is 2.20. The first-order chi connectivity index (χ1) is 7.56. The standard InChI is InChI=1S/C12H23NO3/c1-12(15,11(14)16-2)10-13-8-6-4-3-5-7-9-13/h15H,3-10H2,1-2H3. The predicted octanol–water partition coefficient (Wildman–Crippen LogP) is 1.18. The van der Waals surface area contributed by atoms with Crippen LogP contribution in [0.5, 0.6) is 0 Å². The monoisotopic (exact) mass is 229 g/mol. The lowest BCUT2D eigenvalue weighted by Gasteiger charge is -2.30. The molecule has 0 aliphatic carbocycles. The van der Waals surface area contributed by atoms with Gasteiger partial charge >= 0.3 is 5.97 Å². The van der Waals surface area contributed by atoms with E-state index >= 15 is 0 Å². The van der Waals surface area contributed by atoms with E-state index in [1.54, 1.807) is 0 Å². The molecule has 0 radical (unpaired) electrons. The molecule has 0 saturated carbocycles. The maximum atomic E-state index is 11.4. The maximum Gasteiger partial charge on any atom is 0.338 e. The van der Waals surface area contributed by atoms with Crippen LogP contribution in [0.3, 0.4) is 0 Å². The number of ether oxygens (including phenoxy) is 1. The molecule has 1 atom stereocenters. The van der Waals surface area contributed by atoms with E-state index in [4.69, 9.17) is 0 Å². The van der Waals surface area contributed by atoms with E-state index in [0.717, 1.165) is 25.9 Å². The van der Waals surface area contributed by atoms with Gasteiger partial charge in [-0.25, -0.2) is 4.79 Å². The van der Waals surface area contributed by atoms with Crippen LogP contribution in [-0.2, 0) is 9.53 Å². The Bertz CT molecular complexity index is 220. The van der Waals surface area contributed by atoms with E-state index < -0.39 is 11.6 Å². The van der Waals surface area contributed by atoms with Gasteiger partial charge in [-0.3, -0.25) is 4.90 Å². The molecule has 1 aliphatic rings. The molecular weight excluding hydrogens is 206 g/mol. The predicted molar refractivity (Wildman–Crippen MR) is 62.2 cm³/mol. The van der Waals surface area contributed by atoms with Gasteiger partial charge in [-0.05, 0) is 32.9 Å². The number of carbonyl (C=O) groups excluding carboxylic acids is 1. The normalized spacial score (nSPS) is 22.9. The third-order valence-corrected chi connectivity index (χ3v) is 3.11. The molecule has 1 fully saturated rings. The summed E-state index contributed by atoms with van der Waals surface area (Å²) in [6.07, 6.45) is 6.10. The van der Waals surface area contributed by atoms with Gasteiger partial charge in [0.25, 0.3) is 0 Å². The summed E-state index contributed by atoms with van der Waals surface area (Å²) in [5, 5.41) is 9.98. The fourth-order valence-corrected chi connectivity index (χ4v) is 2.19. The molecule has 0 amide bonds. The molecule has 94 valence electrons. The zero-order valence-electron chi connectivity index (χ0n) is 10.4. The highest BCUT2D eigenvalue weighted by atomic mass is 16.5. The van der Waals surface area contributed by atoms with Gasteiger partial charge in [0.1, 0.15) is 0 Å². The van der Waals surface area contributed by atoms with Crippen molar-refractivity contribution < 1.29 is 14.6 Å². The van der Waals surface area contributed by atoms with Crippen LogP contribution >= 0.6 is 0 Å². The van der Waals surface area contributed by atoms with Gasteiger partial charge in [-0.15, -0.1) is 0 Å². The Labute approximate surface area is 97.6 Å². The Morgan fingerprint density at radius 2 is 1.75 bits per heavy atom. The van der Waals surface area contributed by atoms with Crippen LogP contribution in [0, 0.1) is 0 Å². The minimum atomic E-state index is -1.38. The number of hydrogen-bond acceptors (Lipinski definition) is 4. The highest BCUT2D eigenvalue weighted by Crippen LogP contribution is 2.14. The molecular formula is C12H23NO3. The minimum absolute atomic E-state index is 0.375. The summed E-state index contributed by atoms with van der Waals surface area (Å²) in [7, 11) is 1.31.